The van der Waals surface area contributed by atoms with Crippen LogP contribution in [0.5, 0.6) is 0 Å². The molecule has 0 aromatic carbocycles. The molecule has 0 radical (unpaired) electrons. The minimum Gasteiger partial charge on any atom is -0.338 e. The predicted octanol–water partition coefficient (Wildman–Crippen LogP) is 1.43. The van der Waals surface area contributed by atoms with E-state index in [1.54, 1.807) is 4.90 Å². The maximum Gasteiger partial charge on any atom is 0.251 e. The van der Waals surface area contributed by atoms with Gasteiger partial charge in [0.25, 0.3) is 6.43 Å². The van der Waals surface area contributed by atoms with Crippen molar-refractivity contribution in [2.75, 3.05) is 13.1 Å². The Morgan fingerprint density at radius 1 is 1.47 bits per heavy atom. The van der Waals surface area contributed by atoms with Gasteiger partial charge in [0, 0.05) is 0 Å². The first-order valence-electron chi connectivity index (χ1n) is 5.17. The number of aromatic nitrogens is 2. The van der Waals surface area contributed by atoms with E-state index in [9.17, 15) is 8.78 Å². The molecular weight excluding hydrogens is 254 g/mol. The van der Waals surface area contributed by atoms with Gasteiger partial charge in [-0.3, -0.25) is 4.90 Å². The van der Waals surface area contributed by atoms with Crippen LogP contribution in [0, 0.1) is 0 Å². The van der Waals surface area contributed by atoms with Gasteiger partial charge in [0.2, 0.25) is 5.89 Å². The summed E-state index contributed by atoms with van der Waals surface area (Å²) in [6.07, 6.45) is -1.55. The van der Waals surface area contributed by atoms with E-state index in [0.29, 0.717) is 18.3 Å². The summed E-state index contributed by atoms with van der Waals surface area (Å²) in [5, 5.41) is 3.66. The van der Waals surface area contributed by atoms with Crippen LogP contribution in [0.2, 0.25) is 0 Å². The Kier molecular flexibility index (Phi) is 7.94. The number of hydrogen-bond acceptors (Lipinski definition) is 5. The van der Waals surface area contributed by atoms with Crippen molar-refractivity contribution >= 4 is 12.4 Å². The third kappa shape index (κ3) is 5.90. The highest BCUT2D eigenvalue weighted by Crippen LogP contribution is 2.05. The SMILES string of the molecule is CCCN(Cc1noc(CN)n1)CC(F)F.Cl. The Labute approximate surface area is 105 Å². The smallest absolute Gasteiger partial charge is 0.251 e. The molecule has 0 amide bonds. The molecule has 0 saturated heterocycles. The maximum absolute atomic E-state index is 12.3. The second-order valence-electron chi connectivity index (χ2n) is 3.43. The summed E-state index contributed by atoms with van der Waals surface area (Å²) in [5.41, 5.74) is 5.30. The quantitative estimate of drug-likeness (QED) is 0.812. The molecule has 0 fully saturated rings. The molecule has 0 aliphatic rings. The van der Waals surface area contributed by atoms with Gasteiger partial charge in [0.1, 0.15) is 0 Å². The maximum atomic E-state index is 12.3. The molecule has 0 aliphatic carbocycles. The zero-order valence-corrected chi connectivity index (χ0v) is 10.4. The first-order chi connectivity index (χ1) is 7.65. The number of halogens is 3. The van der Waals surface area contributed by atoms with Crippen LogP contribution in [0.15, 0.2) is 4.52 Å². The molecule has 0 unspecified atom stereocenters. The molecule has 5 nitrogen and oxygen atoms in total. The van der Waals surface area contributed by atoms with E-state index in [1.807, 2.05) is 6.92 Å². The lowest BCUT2D eigenvalue weighted by molar-refractivity contribution is 0.0830. The third-order valence-electron chi connectivity index (χ3n) is 1.99. The Bertz CT molecular complexity index is 311. The summed E-state index contributed by atoms with van der Waals surface area (Å²) in [4.78, 5) is 5.56. The summed E-state index contributed by atoms with van der Waals surface area (Å²) in [5.74, 6) is 0.720. The van der Waals surface area contributed by atoms with Gasteiger partial charge in [-0.15, -0.1) is 12.4 Å². The molecule has 17 heavy (non-hydrogen) atoms. The number of rotatable bonds is 7. The molecule has 0 bridgehead atoms. The molecule has 0 spiro atoms. The van der Waals surface area contributed by atoms with Crippen molar-refractivity contribution in [3.8, 4) is 0 Å². The number of nitrogens with two attached hydrogens (primary N) is 1. The van der Waals surface area contributed by atoms with E-state index in [0.717, 1.165) is 6.42 Å². The molecular formula is C9H17ClF2N4O. The summed E-state index contributed by atoms with van der Waals surface area (Å²) in [7, 11) is 0. The Balaban J connectivity index is 0.00000256. The normalized spacial score (nSPS) is 10.9. The van der Waals surface area contributed by atoms with Crippen LogP contribution < -0.4 is 5.73 Å². The summed E-state index contributed by atoms with van der Waals surface area (Å²) in [6.45, 7) is 2.66. The summed E-state index contributed by atoms with van der Waals surface area (Å²) in [6, 6.07) is 0. The Morgan fingerprint density at radius 2 is 2.18 bits per heavy atom. The molecule has 0 saturated carbocycles. The van der Waals surface area contributed by atoms with Gasteiger partial charge < -0.3 is 10.3 Å². The van der Waals surface area contributed by atoms with E-state index >= 15 is 0 Å². The second kappa shape index (κ2) is 8.32. The molecule has 2 N–H and O–H groups in total. The summed E-state index contributed by atoms with van der Waals surface area (Å²) < 4.78 is 29.3. The average Bonchev–Trinajstić information content (AvgIpc) is 2.65. The van der Waals surface area contributed by atoms with Crippen LogP contribution in [0.1, 0.15) is 25.1 Å². The first-order valence-corrected chi connectivity index (χ1v) is 5.17. The average molecular weight is 271 g/mol. The van der Waals surface area contributed by atoms with Gasteiger partial charge >= 0.3 is 0 Å². The van der Waals surface area contributed by atoms with Crippen molar-refractivity contribution in [3.63, 3.8) is 0 Å². The van der Waals surface area contributed by atoms with Crippen LogP contribution >= 0.6 is 12.4 Å². The minimum absolute atomic E-state index is 0. The standard InChI is InChI=1S/C9H16F2N4O.ClH/c1-2-3-15(5-7(10)11)6-8-13-9(4-12)16-14-8;/h7H,2-6,12H2,1H3;1H. The molecule has 0 aliphatic heterocycles. The second-order valence-corrected chi connectivity index (χ2v) is 3.43. The highest BCUT2D eigenvalue weighted by atomic mass is 35.5. The number of hydrogen-bond donors (Lipinski definition) is 1. The summed E-state index contributed by atoms with van der Waals surface area (Å²) >= 11 is 0. The zero-order valence-electron chi connectivity index (χ0n) is 9.60. The first kappa shape index (κ1) is 16.2. The lowest BCUT2D eigenvalue weighted by atomic mass is 10.4. The predicted molar refractivity (Wildman–Crippen MR) is 61.0 cm³/mol. The van der Waals surface area contributed by atoms with Crippen molar-refractivity contribution in [1.82, 2.24) is 15.0 Å². The Hall–Kier alpha value is -0.790. The number of alkyl halides is 2. The van der Waals surface area contributed by atoms with Gasteiger partial charge in [-0.05, 0) is 13.0 Å². The largest absolute Gasteiger partial charge is 0.338 e. The van der Waals surface area contributed by atoms with Crippen molar-refractivity contribution in [2.24, 2.45) is 5.73 Å². The fourth-order valence-corrected chi connectivity index (χ4v) is 1.38. The van der Waals surface area contributed by atoms with E-state index < -0.39 is 6.43 Å². The number of nitrogens with zero attached hydrogens (tertiary/aromatic N) is 3. The van der Waals surface area contributed by atoms with E-state index in [2.05, 4.69) is 10.1 Å². The van der Waals surface area contributed by atoms with Gasteiger partial charge in [0.15, 0.2) is 5.82 Å². The van der Waals surface area contributed by atoms with Crippen LogP contribution in [-0.4, -0.2) is 34.6 Å². The van der Waals surface area contributed by atoms with Crippen molar-refractivity contribution in [2.45, 2.75) is 32.9 Å². The van der Waals surface area contributed by atoms with Crippen molar-refractivity contribution < 1.29 is 13.3 Å². The highest BCUT2D eigenvalue weighted by Gasteiger charge is 2.14. The van der Waals surface area contributed by atoms with Crippen LogP contribution in [0.25, 0.3) is 0 Å². The van der Waals surface area contributed by atoms with Crippen molar-refractivity contribution in [3.05, 3.63) is 11.7 Å². The molecule has 1 heterocycles. The van der Waals surface area contributed by atoms with Crippen LogP contribution in [0.3, 0.4) is 0 Å². The van der Waals surface area contributed by atoms with Crippen LogP contribution in [-0.2, 0) is 13.1 Å². The van der Waals surface area contributed by atoms with Gasteiger partial charge in [0.05, 0.1) is 19.6 Å². The fraction of sp³-hybridized carbons (Fsp3) is 0.778. The van der Waals surface area contributed by atoms with Crippen molar-refractivity contribution in [1.29, 1.82) is 0 Å². The molecule has 0 atom stereocenters. The topological polar surface area (TPSA) is 68.2 Å². The van der Waals surface area contributed by atoms with Gasteiger partial charge in [-0.1, -0.05) is 12.1 Å². The van der Waals surface area contributed by atoms with Crippen LogP contribution in [0.4, 0.5) is 8.78 Å². The van der Waals surface area contributed by atoms with Gasteiger partial charge in [-0.2, -0.15) is 4.98 Å². The van der Waals surface area contributed by atoms with E-state index in [4.69, 9.17) is 10.3 Å². The fourth-order valence-electron chi connectivity index (χ4n) is 1.38. The van der Waals surface area contributed by atoms with E-state index in [-0.39, 0.29) is 32.0 Å². The minimum atomic E-state index is -2.35. The third-order valence-corrected chi connectivity index (χ3v) is 1.99. The molecule has 1 rings (SSSR count). The molecule has 1 aromatic rings. The lowest BCUT2D eigenvalue weighted by Crippen LogP contribution is -2.29. The Morgan fingerprint density at radius 3 is 2.65 bits per heavy atom. The highest BCUT2D eigenvalue weighted by molar-refractivity contribution is 5.85. The monoisotopic (exact) mass is 270 g/mol. The van der Waals surface area contributed by atoms with Gasteiger partial charge in [-0.25, -0.2) is 8.78 Å². The van der Waals surface area contributed by atoms with E-state index in [1.165, 1.54) is 0 Å². The molecule has 8 heteroatoms. The zero-order chi connectivity index (χ0) is 12.0. The molecule has 100 valence electrons. The molecule has 1 aromatic heterocycles. The lowest BCUT2D eigenvalue weighted by Gasteiger charge is -2.18.